The third kappa shape index (κ3) is 3.55. The van der Waals surface area contributed by atoms with Crippen molar-refractivity contribution in [1.29, 1.82) is 0 Å². The van der Waals surface area contributed by atoms with Gasteiger partial charge in [0.1, 0.15) is 5.70 Å². The number of amides is 2. The molecule has 3 aliphatic rings. The molecule has 2 unspecified atom stereocenters. The van der Waals surface area contributed by atoms with Crippen molar-refractivity contribution in [2.75, 3.05) is 19.9 Å². The first-order valence-electron chi connectivity index (χ1n) is 10.5. The SMILES string of the molecule is CC1CN(C2=C(c3ccccc3)C(=O)N(Cc3ccc4c(c3)OCO4)C2=O)CC(C)O1. The summed E-state index contributed by atoms with van der Waals surface area (Å²) in [6, 6.07) is 14.9. The minimum Gasteiger partial charge on any atom is -0.454 e. The fourth-order valence-electron chi connectivity index (χ4n) is 4.45. The van der Waals surface area contributed by atoms with Crippen molar-refractivity contribution in [3.63, 3.8) is 0 Å². The lowest BCUT2D eigenvalue weighted by atomic mass is 10.0. The Kier molecular flexibility index (Phi) is 4.90. The Morgan fingerprint density at radius 3 is 2.35 bits per heavy atom. The summed E-state index contributed by atoms with van der Waals surface area (Å²) in [5.74, 6) is 0.741. The first-order valence-corrected chi connectivity index (χ1v) is 10.5. The summed E-state index contributed by atoms with van der Waals surface area (Å²) >= 11 is 0. The summed E-state index contributed by atoms with van der Waals surface area (Å²) < 4.78 is 16.6. The minimum atomic E-state index is -0.282. The number of carbonyl (C=O) groups excluding carboxylic acids is 2. The van der Waals surface area contributed by atoms with Gasteiger partial charge in [0.25, 0.3) is 11.8 Å². The van der Waals surface area contributed by atoms with Gasteiger partial charge in [-0.25, -0.2) is 0 Å². The Balaban J connectivity index is 1.51. The van der Waals surface area contributed by atoms with E-state index in [0.717, 1.165) is 11.1 Å². The Hall–Kier alpha value is -3.32. The molecule has 31 heavy (non-hydrogen) atoms. The van der Waals surface area contributed by atoms with Crippen LogP contribution in [0.1, 0.15) is 25.0 Å². The molecule has 1 fully saturated rings. The van der Waals surface area contributed by atoms with E-state index in [0.29, 0.717) is 35.9 Å². The van der Waals surface area contributed by atoms with E-state index < -0.39 is 0 Å². The first kappa shape index (κ1) is 19.6. The van der Waals surface area contributed by atoms with Gasteiger partial charge in [-0.2, -0.15) is 0 Å². The smallest absolute Gasteiger partial charge is 0.278 e. The van der Waals surface area contributed by atoms with E-state index in [-0.39, 0.29) is 37.4 Å². The molecule has 1 saturated heterocycles. The van der Waals surface area contributed by atoms with Crippen molar-refractivity contribution >= 4 is 17.4 Å². The van der Waals surface area contributed by atoms with Crippen molar-refractivity contribution in [2.24, 2.45) is 0 Å². The van der Waals surface area contributed by atoms with Crippen LogP contribution in [0.4, 0.5) is 0 Å². The Morgan fingerprint density at radius 2 is 1.61 bits per heavy atom. The molecule has 2 aromatic carbocycles. The second-order valence-corrected chi connectivity index (χ2v) is 8.14. The van der Waals surface area contributed by atoms with Crippen LogP contribution in [0.3, 0.4) is 0 Å². The maximum Gasteiger partial charge on any atom is 0.278 e. The van der Waals surface area contributed by atoms with Gasteiger partial charge in [0.05, 0.1) is 24.3 Å². The van der Waals surface area contributed by atoms with Gasteiger partial charge in [-0.15, -0.1) is 0 Å². The van der Waals surface area contributed by atoms with E-state index in [1.807, 2.05) is 61.2 Å². The minimum absolute atomic E-state index is 0.0286. The van der Waals surface area contributed by atoms with Gasteiger partial charge in [-0.05, 0) is 37.1 Å². The summed E-state index contributed by atoms with van der Waals surface area (Å²) in [5, 5.41) is 0. The van der Waals surface area contributed by atoms with Crippen LogP contribution in [-0.4, -0.2) is 53.7 Å². The summed E-state index contributed by atoms with van der Waals surface area (Å²) in [6.45, 7) is 5.44. The summed E-state index contributed by atoms with van der Waals surface area (Å²) in [5.41, 5.74) is 2.46. The van der Waals surface area contributed by atoms with E-state index >= 15 is 0 Å². The average Bonchev–Trinajstić information content (AvgIpc) is 3.31. The average molecular weight is 420 g/mol. The van der Waals surface area contributed by atoms with Crippen LogP contribution in [0.15, 0.2) is 54.2 Å². The second-order valence-electron chi connectivity index (χ2n) is 8.14. The molecular formula is C24H24N2O5. The third-order valence-corrected chi connectivity index (χ3v) is 5.72. The fourth-order valence-corrected chi connectivity index (χ4v) is 4.45. The molecule has 5 rings (SSSR count). The number of hydrogen-bond acceptors (Lipinski definition) is 6. The molecular weight excluding hydrogens is 396 g/mol. The van der Waals surface area contributed by atoms with Crippen molar-refractivity contribution in [3.05, 3.63) is 65.4 Å². The Labute approximate surface area is 180 Å². The molecule has 2 atom stereocenters. The zero-order valence-corrected chi connectivity index (χ0v) is 17.5. The van der Waals surface area contributed by atoms with Gasteiger partial charge < -0.3 is 19.1 Å². The molecule has 0 spiro atoms. The van der Waals surface area contributed by atoms with E-state index in [1.54, 1.807) is 6.07 Å². The molecule has 0 aliphatic carbocycles. The van der Waals surface area contributed by atoms with Crippen LogP contribution in [0, 0.1) is 0 Å². The summed E-state index contributed by atoms with van der Waals surface area (Å²) in [6.07, 6.45) is -0.0572. The highest BCUT2D eigenvalue weighted by molar-refractivity contribution is 6.35. The van der Waals surface area contributed by atoms with Gasteiger partial charge in [0.2, 0.25) is 6.79 Å². The molecule has 160 valence electrons. The number of benzene rings is 2. The predicted octanol–water partition coefficient (Wildman–Crippen LogP) is 2.80. The van der Waals surface area contributed by atoms with Crippen LogP contribution < -0.4 is 9.47 Å². The largest absolute Gasteiger partial charge is 0.454 e. The number of hydrogen-bond donors (Lipinski definition) is 0. The standard InChI is InChI=1S/C24H24N2O5/c1-15-11-25(12-16(2)31-15)22-21(18-6-4-3-5-7-18)23(27)26(24(22)28)13-17-8-9-19-20(10-17)30-14-29-19/h3-10,15-16H,11-14H2,1-2H3. The Bertz CT molecular complexity index is 1050. The predicted molar refractivity (Wildman–Crippen MR) is 113 cm³/mol. The third-order valence-electron chi connectivity index (χ3n) is 5.72. The highest BCUT2D eigenvalue weighted by Crippen LogP contribution is 2.36. The molecule has 7 nitrogen and oxygen atoms in total. The fraction of sp³-hybridized carbons (Fsp3) is 0.333. The molecule has 3 heterocycles. The van der Waals surface area contributed by atoms with Crippen LogP contribution in [0.2, 0.25) is 0 Å². The second kappa shape index (κ2) is 7.74. The molecule has 0 N–H and O–H groups in total. The van der Waals surface area contributed by atoms with E-state index in [1.165, 1.54) is 4.90 Å². The van der Waals surface area contributed by atoms with Crippen LogP contribution in [0.25, 0.3) is 5.57 Å². The lowest BCUT2D eigenvalue weighted by Crippen LogP contribution is -2.46. The lowest BCUT2D eigenvalue weighted by Gasteiger charge is -2.37. The van der Waals surface area contributed by atoms with Crippen LogP contribution in [-0.2, 0) is 20.9 Å². The Morgan fingerprint density at radius 1 is 0.903 bits per heavy atom. The van der Waals surface area contributed by atoms with E-state index in [9.17, 15) is 9.59 Å². The van der Waals surface area contributed by atoms with Gasteiger partial charge in [0, 0.05) is 13.1 Å². The van der Waals surface area contributed by atoms with E-state index in [2.05, 4.69) is 0 Å². The molecule has 0 aromatic heterocycles. The molecule has 2 amide bonds. The van der Waals surface area contributed by atoms with Gasteiger partial charge >= 0.3 is 0 Å². The molecule has 7 heteroatoms. The molecule has 0 bridgehead atoms. The van der Waals surface area contributed by atoms with Crippen LogP contribution in [0.5, 0.6) is 11.5 Å². The quantitative estimate of drug-likeness (QED) is 0.709. The van der Waals surface area contributed by atoms with Crippen molar-refractivity contribution in [3.8, 4) is 11.5 Å². The lowest BCUT2D eigenvalue weighted by molar-refractivity contribution is -0.139. The normalized spacial score (nSPS) is 23.2. The summed E-state index contributed by atoms with van der Waals surface area (Å²) in [7, 11) is 0. The number of fused-ring (bicyclic) bond motifs is 1. The number of morpholine rings is 1. The van der Waals surface area contributed by atoms with E-state index in [4.69, 9.17) is 14.2 Å². The molecule has 3 aliphatic heterocycles. The monoisotopic (exact) mass is 420 g/mol. The molecule has 2 aromatic rings. The number of carbonyl (C=O) groups is 2. The highest BCUT2D eigenvalue weighted by atomic mass is 16.7. The maximum atomic E-state index is 13.6. The van der Waals surface area contributed by atoms with Crippen molar-refractivity contribution in [1.82, 2.24) is 9.80 Å². The van der Waals surface area contributed by atoms with Crippen molar-refractivity contribution < 1.29 is 23.8 Å². The highest BCUT2D eigenvalue weighted by Gasteiger charge is 2.43. The number of ether oxygens (including phenoxy) is 3. The molecule has 0 saturated carbocycles. The molecule has 0 radical (unpaired) electrons. The summed E-state index contributed by atoms with van der Waals surface area (Å²) in [4.78, 5) is 30.4. The number of rotatable bonds is 4. The number of nitrogens with zero attached hydrogens (tertiary/aromatic N) is 2. The van der Waals surface area contributed by atoms with Gasteiger partial charge in [-0.3, -0.25) is 14.5 Å². The zero-order chi connectivity index (χ0) is 21.5. The zero-order valence-electron chi connectivity index (χ0n) is 17.5. The van der Waals surface area contributed by atoms with Gasteiger partial charge in [-0.1, -0.05) is 36.4 Å². The number of imide groups is 1. The topological polar surface area (TPSA) is 68.3 Å². The van der Waals surface area contributed by atoms with Gasteiger partial charge in [0.15, 0.2) is 11.5 Å². The van der Waals surface area contributed by atoms with Crippen molar-refractivity contribution in [2.45, 2.75) is 32.6 Å². The maximum absolute atomic E-state index is 13.6. The van der Waals surface area contributed by atoms with Crippen LogP contribution >= 0.6 is 0 Å². The first-order chi connectivity index (χ1) is 15.0.